The van der Waals surface area contributed by atoms with Gasteiger partial charge in [-0.15, -0.1) is 0 Å². The van der Waals surface area contributed by atoms with E-state index < -0.39 is 0 Å². The van der Waals surface area contributed by atoms with Gasteiger partial charge in [-0.1, -0.05) is 55.7 Å². The Balaban J connectivity index is 1.98. The number of rotatable bonds is 4. The Labute approximate surface area is 160 Å². The number of hydrogen-bond acceptors (Lipinski definition) is 2. The molecule has 1 heterocycles. The van der Waals surface area contributed by atoms with Crippen molar-refractivity contribution >= 4 is 22.5 Å². The predicted molar refractivity (Wildman–Crippen MR) is 109 cm³/mol. The maximum absolute atomic E-state index is 12.8. The second kappa shape index (κ2) is 7.63. The molecule has 27 heavy (non-hydrogen) atoms. The summed E-state index contributed by atoms with van der Waals surface area (Å²) in [6, 6.07) is 15.5. The Bertz CT molecular complexity index is 1070. The van der Waals surface area contributed by atoms with Crippen molar-refractivity contribution in [2.24, 2.45) is 13.0 Å². The molecular formula is C24H23NO2. The number of Topliss-reactive ketones (excluding diaryl/α,β-unsaturated/α-hetero) is 2. The van der Waals surface area contributed by atoms with Crippen LogP contribution in [0.4, 0.5) is 0 Å². The number of ketones is 2. The molecule has 3 aromatic rings. The summed E-state index contributed by atoms with van der Waals surface area (Å²) >= 11 is 0. The van der Waals surface area contributed by atoms with Gasteiger partial charge >= 0.3 is 0 Å². The van der Waals surface area contributed by atoms with Crippen molar-refractivity contribution in [2.75, 3.05) is 0 Å². The monoisotopic (exact) mass is 357 g/mol. The van der Waals surface area contributed by atoms with Gasteiger partial charge in [0.05, 0.1) is 6.42 Å². The third-order valence-electron chi connectivity index (χ3n) is 4.72. The zero-order chi connectivity index (χ0) is 19.6. The first kappa shape index (κ1) is 18.7. The predicted octanol–water partition coefficient (Wildman–Crippen LogP) is 4.49. The molecule has 0 spiro atoms. The van der Waals surface area contributed by atoms with E-state index in [1.807, 2.05) is 80.9 Å². The molecule has 0 bridgehead atoms. The van der Waals surface area contributed by atoms with E-state index in [-0.39, 0.29) is 23.9 Å². The fourth-order valence-corrected chi connectivity index (χ4v) is 3.19. The molecule has 0 saturated carbocycles. The minimum Gasteiger partial charge on any atom is -0.346 e. The summed E-state index contributed by atoms with van der Waals surface area (Å²) in [5.41, 5.74) is 4.30. The normalized spacial score (nSPS) is 10.7. The molecule has 0 radical (unpaired) electrons. The summed E-state index contributed by atoms with van der Waals surface area (Å²) in [4.78, 5) is 25.4. The lowest BCUT2D eigenvalue weighted by atomic mass is 9.96. The van der Waals surface area contributed by atoms with E-state index in [2.05, 4.69) is 11.8 Å². The van der Waals surface area contributed by atoms with E-state index in [4.69, 9.17) is 0 Å². The van der Waals surface area contributed by atoms with Crippen molar-refractivity contribution in [1.29, 1.82) is 0 Å². The van der Waals surface area contributed by atoms with Gasteiger partial charge in [-0.05, 0) is 31.0 Å². The van der Waals surface area contributed by atoms with Gasteiger partial charge in [-0.3, -0.25) is 9.59 Å². The number of nitrogens with zero attached hydrogens (tertiary/aromatic N) is 1. The summed E-state index contributed by atoms with van der Waals surface area (Å²) in [5, 5.41) is 0.896. The topological polar surface area (TPSA) is 39.1 Å². The number of fused-ring (bicyclic) bond motifs is 1. The van der Waals surface area contributed by atoms with Crippen molar-refractivity contribution in [3.05, 3.63) is 70.9 Å². The van der Waals surface area contributed by atoms with Gasteiger partial charge in [0.25, 0.3) is 0 Å². The van der Waals surface area contributed by atoms with Crippen molar-refractivity contribution in [3.63, 3.8) is 0 Å². The summed E-state index contributed by atoms with van der Waals surface area (Å²) in [6.45, 7) is 5.77. The molecule has 0 atom stereocenters. The number of aryl methyl sites for hydroxylation is 2. The highest BCUT2D eigenvalue weighted by atomic mass is 16.1. The molecule has 3 heteroatoms. The van der Waals surface area contributed by atoms with Crippen LogP contribution in [0.1, 0.15) is 41.0 Å². The number of para-hydroxylation sites is 1. The van der Waals surface area contributed by atoms with Crippen LogP contribution in [0.25, 0.3) is 10.9 Å². The summed E-state index contributed by atoms with van der Waals surface area (Å²) in [7, 11) is 1.90. The van der Waals surface area contributed by atoms with Crippen LogP contribution in [0.2, 0.25) is 0 Å². The molecule has 0 fully saturated rings. The lowest BCUT2D eigenvalue weighted by molar-refractivity contribution is -0.113. The fourth-order valence-electron chi connectivity index (χ4n) is 3.19. The van der Waals surface area contributed by atoms with Crippen molar-refractivity contribution < 1.29 is 9.59 Å². The molecule has 0 amide bonds. The molecule has 3 rings (SSSR count). The Morgan fingerprint density at radius 2 is 1.70 bits per heavy atom. The Hall–Kier alpha value is -3.12. The lowest BCUT2D eigenvalue weighted by Gasteiger charge is -2.07. The first-order chi connectivity index (χ1) is 12.9. The highest BCUT2D eigenvalue weighted by molar-refractivity contribution is 6.11. The SMILES string of the molecule is Cc1ccc(C#CC(=O)Cc2c(C(=O)C(C)C)c3ccccc3n2C)cc1. The van der Waals surface area contributed by atoms with E-state index >= 15 is 0 Å². The van der Waals surface area contributed by atoms with Crippen LogP contribution in [0.15, 0.2) is 48.5 Å². The van der Waals surface area contributed by atoms with Gasteiger partial charge in [-0.25, -0.2) is 0 Å². The third-order valence-corrected chi connectivity index (χ3v) is 4.72. The minimum atomic E-state index is -0.195. The van der Waals surface area contributed by atoms with Crippen LogP contribution in [0.3, 0.4) is 0 Å². The zero-order valence-corrected chi connectivity index (χ0v) is 16.2. The third kappa shape index (κ3) is 3.85. The maximum atomic E-state index is 12.8. The second-order valence-electron chi connectivity index (χ2n) is 7.13. The van der Waals surface area contributed by atoms with Crippen LogP contribution in [0, 0.1) is 24.7 Å². The summed E-state index contributed by atoms with van der Waals surface area (Å²) in [6.07, 6.45) is 0.123. The van der Waals surface area contributed by atoms with E-state index in [0.717, 1.165) is 27.7 Å². The Morgan fingerprint density at radius 1 is 1.04 bits per heavy atom. The molecule has 0 N–H and O–H groups in total. The quantitative estimate of drug-likeness (QED) is 0.510. The van der Waals surface area contributed by atoms with E-state index in [0.29, 0.717) is 5.56 Å². The number of carbonyl (C=O) groups excluding carboxylic acids is 2. The maximum Gasteiger partial charge on any atom is 0.211 e. The molecular weight excluding hydrogens is 334 g/mol. The van der Waals surface area contributed by atoms with Crippen molar-refractivity contribution in [2.45, 2.75) is 27.2 Å². The van der Waals surface area contributed by atoms with Crippen LogP contribution in [0.5, 0.6) is 0 Å². The highest BCUT2D eigenvalue weighted by Crippen LogP contribution is 2.28. The van der Waals surface area contributed by atoms with Crippen LogP contribution >= 0.6 is 0 Å². The standard InChI is InChI=1S/C24H23NO2/c1-16(2)24(27)23-20-7-5-6-8-21(20)25(4)22(23)15-19(26)14-13-18-11-9-17(3)10-12-18/h5-12,16H,15H2,1-4H3. The fraction of sp³-hybridized carbons (Fsp3) is 0.250. The van der Waals surface area contributed by atoms with Gasteiger partial charge in [0.15, 0.2) is 5.78 Å². The Morgan fingerprint density at radius 3 is 2.37 bits per heavy atom. The molecule has 3 nitrogen and oxygen atoms in total. The molecule has 1 aromatic heterocycles. The van der Waals surface area contributed by atoms with Gasteiger partial charge in [0.1, 0.15) is 0 Å². The first-order valence-corrected chi connectivity index (χ1v) is 9.10. The van der Waals surface area contributed by atoms with Gasteiger partial charge < -0.3 is 4.57 Å². The molecule has 0 aliphatic heterocycles. The van der Waals surface area contributed by atoms with Gasteiger partial charge in [-0.2, -0.15) is 0 Å². The van der Waals surface area contributed by atoms with E-state index in [1.54, 1.807) is 0 Å². The minimum absolute atomic E-state index is 0.0566. The molecule has 0 unspecified atom stereocenters. The highest BCUT2D eigenvalue weighted by Gasteiger charge is 2.23. The number of benzene rings is 2. The van der Waals surface area contributed by atoms with Crippen LogP contribution in [-0.4, -0.2) is 16.1 Å². The van der Waals surface area contributed by atoms with Gasteiger partial charge in [0.2, 0.25) is 5.78 Å². The number of carbonyl (C=O) groups is 2. The van der Waals surface area contributed by atoms with E-state index in [1.165, 1.54) is 0 Å². The second-order valence-corrected chi connectivity index (χ2v) is 7.13. The summed E-state index contributed by atoms with van der Waals surface area (Å²) < 4.78 is 1.94. The van der Waals surface area contributed by atoms with Crippen LogP contribution in [-0.2, 0) is 18.3 Å². The average Bonchev–Trinajstić information content (AvgIpc) is 2.93. The van der Waals surface area contributed by atoms with Crippen molar-refractivity contribution in [1.82, 2.24) is 4.57 Å². The number of hydrogen-bond donors (Lipinski definition) is 0. The molecule has 0 saturated heterocycles. The zero-order valence-electron chi connectivity index (χ0n) is 16.2. The molecule has 136 valence electrons. The van der Waals surface area contributed by atoms with E-state index in [9.17, 15) is 9.59 Å². The summed E-state index contributed by atoms with van der Waals surface area (Å²) in [5.74, 6) is 5.37. The van der Waals surface area contributed by atoms with Gasteiger partial charge in [0, 0.05) is 40.7 Å². The lowest BCUT2D eigenvalue weighted by Crippen LogP contribution is -2.13. The molecule has 0 aliphatic rings. The smallest absolute Gasteiger partial charge is 0.211 e. The first-order valence-electron chi connectivity index (χ1n) is 9.10. The Kier molecular flexibility index (Phi) is 5.28. The largest absolute Gasteiger partial charge is 0.346 e. The van der Waals surface area contributed by atoms with Crippen molar-refractivity contribution in [3.8, 4) is 11.8 Å². The average molecular weight is 357 g/mol. The number of aromatic nitrogens is 1. The molecule has 2 aromatic carbocycles. The van der Waals surface area contributed by atoms with Crippen LogP contribution < -0.4 is 0 Å². The molecule has 0 aliphatic carbocycles.